The van der Waals surface area contributed by atoms with Crippen LogP contribution in [0.25, 0.3) is 0 Å². The third-order valence-corrected chi connectivity index (χ3v) is 4.03. The molecule has 1 aliphatic rings. The van der Waals surface area contributed by atoms with E-state index >= 15 is 0 Å². The third kappa shape index (κ3) is 4.10. The molecule has 8 nitrogen and oxygen atoms in total. The first-order valence-corrected chi connectivity index (χ1v) is 8.22. The fourth-order valence-corrected chi connectivity index (χ4v) is 2.74. The number of aliphatic hydroxyl groups is 1. The Bertz CT molecular complexity index is 643. The van der Waals surface area contributed by atoms with Gasteiger partial charge < -0.3 is 19.3 Å². The minimum atomic E-state index is -1.06. The quantitative estimate of drug-likeness (QED) is 0.725. The molecule has 0 saturated carbocycles. The van der Waals surface area contributed by atoms with Gasteiger partial charge in [-0.05, 0) is 36.7 Å². The van der Waals surface area contributed by atoms with Crippen molar-refractivity contribution in [3.8, 4) is 0 Å². The first kappa shape index (κ1) is 18.3. The van der Waals surface area contributed by atoms with E-state index in [-0.39, 0.29) is 17.2 Å². The van der Waals surface area contributed by atoms with Gasteiger partial charge in [-0.1, -0.05) is 0 Å². The van der Waals surface area contributed by atoms with Gasteiger partial charge >= 0.3 is 5.69 Å². The van der Waals surface area contributed by atoms with Crippen LogP contribution in [0, 0.1) is 0 Å². The Morgan fingerprint density at radius 2 is 2.17 bits per heavy atom. The summed E-state index contributed by atoms with van der Waals surface area (Å²) in [5.41, 5.74) is -1.21. The van der Waals surface area contributed by atoms with Crippen LogP contribution in [0.2, 0.25) is 0 Å². The number of rotatable bonds is 6. The third-order valence-electron chi connectivity index (χ3n) is 3.46. The summed E-state index contributed by atoms with van der Waals surface area (Å²) in [4.78, 5) is 25.6. The smallest absolute Gasteiger partial charge is 0.330 e. The number of H-pyrrole nitrogens is 1. The highest BCUT2D eigenvalue weighted by molar-refractivity contribution is 9.10. The molecule has 0 bridgehead atoms. The highest BCUT2D eigenvalue weighted by atomic mass is 79.9. The molecule has 0 aliphatic carbocycles. The van der Waals surface area contributed by atoms with Crippen LogP contribution in [0.4, 0.5) is 0 Å². The Hall–Kier alpha value is -1.00. The Morgan fingerprint density at radius 1 is 1.48 bits per heavy atom. The molecule has 23 heavy (non-hydrogen) atoms. The van der Waals surface area contributed by atoms with Crippen molar-refractivity contribution < 1.29 is 19.3 Å². The van der Waals surface area contributed by atoms with Crippen LogP contribution >= 0.6 is 15.9 Å². The maximum Gasteiger partial charge on any atom is 0.330 e. The van der Waals surface area contributed by atoms with Crippen LogP contribution in [0.15, 0.2) is 20.3 Å². The summed E-state index contributed by atoms with van der Waals surface area (Å²) in [5, 5.41) is 10.5. The van der Waals surface area contributed by atoms with Crippen LogP contribution in [-0.4, -0.2) is 52.3 Å². The number of halogens is 1. The lowest BCUT2D eigenvalue weighted by Crippen LogP contribution is -2.39. The first-order valence-electron chi connectivity index (χ1n) is 7.42. The summed E-state index contributed by atoms with van der Waals surface area (Å²) >= 11 is 3.06. The van der Waals surface area contributed by atoms with E-state index in [1.807, 2.05) is 20.8 Å². The average molecular weight is 393 g/mol. The van der Waals surface area contributed by atoms with Gasteiger partial charge in [0.15, 0.2) is 6.23 Å². The number of aliphatic hydroxyl groups excluding tert-OH is 1. The van der Waals surface area contributed by atoms with Crippen molar-refractivity contribution >= 4 is 15.9 Å². The van der Waals surface area contributed by atoms with E-state index in [4.69, 9.17) is 14.2 Å². The Balaban J connectivity index is 2.28. The van der Waals surface area contributed by atoms with Crippen LogP contribution in [0.1, 0.15) is 27.0 Å². The van der Waals surface area contributed by atoms with Crippen LogP contribution in [-0.2, 0) is 14.2 Å². The molecule has 1 aliphatic heterocycles. The van der Waals surface area contributed by atoms with Crippen molar-refractivity contribution in [2.24, 2.45) is 0 Å². The zero-order chi connectivity index (χ0) is 17.1. The molecule has 4 unspecified atom stereocenters. The minimum Gasteiger partial charge on any atom is -0.386 e. The SMILES string of the molecule is CCOC1C(COC(C)C)OC(n2cc(Br)c(=O)[nH]c2=O)C1O. The molecule has 2 N–H and O–H groups in total. The predicted octanol–water partition coefficient (Wildman–Crippen LogP) is 0.387. The molecule has 2 rings (SSSR count). The monoisotopic (exact) mass is 392 g/mol. The van der Waals surface area contributed by atoms with Gasteiger partial charge in [-0.25, -0.2) is 4.79 Å². The van der Waals surface area contributed by atoms with Crippen molar-refractivity contribution in [1.29, 1.82) is 0 Å². The van der Waals surface area contributed by atoms with Gasteiger partial charge in [0, 0.05) is 12.8 Å². The number of nitrogens with one attached hydrogen (secondary N) is 1. The minimum absolute atomic E-state index is 0.00187. The van der Waals surface area contributed by atoms with Crippen molar-refractivity contribution in [2.45, 2.75) is 51.4 Å². The summed E-state index contributed by atoms with van der Waals surface area (Å²) in [6.07, 6.45) is -1.87. The fraction of sp³-hybridized carbons (Fsp3) is 0.714. The second kappa shape index (κ2) is 7.71. The summed E-state index contributed by atoms with van der Waals surface area (Å²) in [7, 11) is 0. The first-order chi connectivity index (χ1) is 10.8. The van der Waals surface area contributed by atoms with E-state index in [2.05, 4.69) is 20.9 Å². The van der Waals surface area contributed by atoms with Crippen molar-refractivity contribution in [3.05, 3.63) is 31.5 Å². The molecule has 1 aromatic heterocycles. The molecule has 2 heterocycles. The molecule has 0 radical (unpaired) electrons. The Labute approximate surface area is 141 Å². The highest BCUT2D eigenvalue weighted by Gasteiger charge is 2.46. The van der Waals surface area contributed by atoms with Crippen LogP contribution < -0.4 is 11.2 Å². The molecular weight excluding hydrogens is 372 g/mol. The van der Waals surface area contributed by atoms with E-state index in [9.17, 15) is 14.7 Å². The molecule has 1 fully saturated rings. The predicted molar refractivity (Wildman–Crippen MR) is 85.4 cm³/mol. The number of nitrogens with zero attached hydrogens (tertiary/aromatic N) is 1. The van der Waals surface area contributed by atoms with Gasteiger partial charge in [0.1, 0.15) is 18.3 Å². The normalized spacial score (nSPS) is 27.7. The summed E-state index contributed by atoms with van der Waals surface area (Å²) < 4.78 is 18.2. The lowest BCUT2D eigenvalue weighted by molar-refractivity contribution is -0.0857. The van der Waals surface area contributed by atoms with E-state index in [1.165, 1.54) is 6.20 Å². The summed E-state index contributed by atoms with van der Waals surface area (Å²) in [6, 6.07) is 0. The summed E-state index contributed by atoms with van der Waals surface area (Å²) in [5.74, 6) is 0. The zero-order valence-electron chi connectivity index (χ0n) is 13.2. The van der Waals surface area contributed by atoms with E-state index in [1.54, 1.807) is 0 Å². The topological polar surface area (TPSA) is 103 Å². The number of aromatic nitrogens is 2. The lowest BCUT2D eigenvalue weighted by atomic mass is 10.1. The molecular formula is C14H21BrN2O6. The molecule has 0 spiro atoms. The molecule has 0 aromatic carbocycles. The van der Waals surface area contributed by atoms with E-state index in [0.717, 1.165) is 4.57 Å². The summed E-state index contributed by atoms with van der Waals surface area (Å²) in [6.45, 7) is 6.21. The van der Waals surface area contributed by atoms with Crippen LogP contribution in [0.5, 0.6) is 0 Å². The van der Waals surface area contributed by atoms with E-state index in [0.29, 0.717) is 6.61 Å². The lowest BCUT2D eigenvalue weighted by Gasteiger charge is -2.20. The molecule has 9 heteroatoms. The van der Waals surface area contributed by atoms with E-state index < -0.39 is 35.8 Å². The second-order valence-corrected chi connectivity index (χ2v) is 6.36. The number of ether oxygens (including phenoxy) is 3. The van der Waals surface area contributed by atoms with Crippen molar-refractivity contribution in [1.82, 2.24) is 9.55 Å². The van der Waals surface area contributed by atoms with Gasteiger partial charge in [-0.15, -0.1) is 0 Å². The molecule has 4 atom stereocenters. The van der Waals surface area contributed by atoms with Crippen molar-refractivity contribution in [2.75, 3.05) is 13.2 Å². The number of hydrogen-bond donors (Lipinski definition) is 2. The maximum absolute atomic E-state index is 12.0. The Kier molecular flexibility index (Phi) is 6.15. The van der Waals surface area contributed by atoms with Gasteiger partial charge in [0.25, 0.3) is 5.56 Å². The number of hydrogen-bond acceptors (Lipinski definition) is 6. The van der Waals surface area contributed by atoms with Crippen molar-refractivity contribution in [3.63, 3.8) is 0 Å². The van der Waals surface area contributed by atoms with Crippen LogP contribution in [0.3, 0.4) is 0 Å². The molecule has 130 valence electrons. The standard InChI is InChI=1S/C14H21BrN2O6/c1-4-21-11-9(6-22-7(2)3)23-13(10(11)18)17-5-8(15)12(19)16-14(17)20/h5,7,9-11,13,18H,4,6H2,1-3H3,(H,16,19,20). The van der Waals surface area contributed by atoms with Gasteiger partial charge in [-0.2, -0.15) is 0 Å². The molecule has 1 saturated heterocycles. The highest BCUT2D eigenvalue weighted by Crippen LogP contribution is 2.31. The Morgan fingerprint density at radius 3 is 2.78 bits per heavy atom. The fourth-order valence-electron chi connectivity index (χ4n) is 2.42. The average Bonchev–Trinajstić information content (AvgIpc) is 2.78. The van der Waals surface area contributed by atoms with Gasteiger partial charge in [0.05, 0.1) is 17.2 Å². The number of aromatic amines is 1. The zero-order valence-corrected chi connectivity index (χ0v) is 14.8. The second-order valence-electron chi connectivity index (χ2n) is 5.50. The molecule has 1 aromatic rings. The van der Waals surface area contributed by atoms with Gasteiger partial charge in [0.2, 0.25) is 0 Å². The van der Waals surface area contributed by atoms with Gasteiger partial charge in [-0.3, -0.25) is 14.3 Å². The largest absolute Gasteiger partial charge is 0.386 e. The maximum atomic E-state index is 12.0. The molecule has 0 amide bonds.